The van der Waals surface area contributed by atoms with Gasteiger partial charge in [0.2, 0.25) is 5.91 Å². The summed E-state index contributed by atoms with van der Waals surface area (Å²) in [6.45, 7) is 0.408. The molecule has 0 heterocycles. The van der Waals surface area contributed by atoms with Gasteiger partial charge < -0.3 is 20.5 Å². The van der Waals surface area contributed by atoms with Crippen LogP contribution >= 0.6 is 0 Å². The average molecular weight is 477 g/mol. The molecule has 2 saturated carbocycles. The number of amides is 2. The molecule has 0 bridgehead atoms. The van der Waals surface area contributed by atoms with E-state index in [0.717, 1.165) is 30.4 Å². The maximum atomic E-state index is 13.0. The fourth-order valence-electron chi connectivity index (χ4n) is 5.62. The number of carbonyl (C=O) groups excluding carboxylic acids is 2. The van der Waals surface area contributed by atoms with Gasteiger partial charge in [-0.05, 0) is 47.4 Å². The van der Waals surface area contributed by atoms with E-state index in [1.165, 1.54) is 11.1 Å². The van der Waals surface area contributed by atoms with Crippen molar-refractivity contribution >= 4 is 18.0 Å². The highest BCUT2D eigenvalue weighted by Gasteiger charge is 2.37. The number of nitrogens with one attached hydrogen (secondary N) is 2. The number of fused-ring (bicyclic) bond motifs is 3. The van der Waals surface area contributed by atoms with Gasteiger partial charge in [0.1, 0.15) is 6.61 Å². The van der Waals surface area contributed by atoms with Crippen LogP contribution in [-0.4, -0.2) is 42.3 Å². The average Bonchev–Trinajstić information content (AvgIpc) is 3.46. The Morgan fingerprint density at radius 3 is 2.23 bits per heavy atom. The second-order valence-corrected chi connectivity index (χ2v) is 10.1. The van der Waals surface area contributed by atoms with Crippen molar-refractivity contribution in [3.8, 4) is 11.1 Å². The van der Waals surface area contributed by atoms with Gasteiger partial charge >= 0.3 is 12.1 Å². The SMILES string of the molecule is O=C(NCC(CC1CC1)C(=O)N[C@@H]1CCC[C@@H]1C(=O)O)OCC1c2ccccc2-c2ccccc21. The summed E-state index contributed by atoms with van der Waals surface area (Å²) in [7, 11) is 0. The molecule has 5 rings (SSSR count). The van der Waals surface area contributed by atoms with Crippen LogP contribution in [0.3, 0.4) is 0 Å². The van der Waals surface area contributed by atoms with E-state index in [-0.39, 0.29) is 31.0 Å². The topological polar surface area (TPSA) is 105 Å². The van der Waals surface area contributed by atoms with Gasteiger partial charge in [-0.25, -0.2) is 4.79 Å². The Balaban J connectivity index is 1.17. The van der Waals surface area contributed by atoms with Gasteiger partial charge in [0.15, 0.2) is 0 Å². The Kier molecular flexibility index (Phi) is 6.75. The summed E-state index contributed by atoms with van der Waals surface area (Å²) in [6, 6.07) is 16.0. The minimum atomic E-state index is -0.858. The monoisotopic (exact) mass is 476 g/mol. The van der Waals surface area contributed by atoms with Crippen LogP contribution in [0.5, 0.6) is 0 Å². The van der Waals surface area contributed by atoms with E-state index in [4.69, 9.17) is 4.74 Å². The highest BCUT2D eigenvalue weighted by atomic mass is 16.5. The van der Waals surface area contributed by atoms with Crippen molar-refractivity contribution in [1.82, 2.24) is 10.6 Å². The number of hydrogen-bond acceptors (Lipinski definition) is 4. The normalized spacial score (nSPS) is 21.6. The van der Waals surface area contributed by atoms with Crippen molar-refractivity contribution in [3.63, 3.8) is 0 Å². The number of alkyl carbamates (subject to hydrolysis) is 1. The number of aliphatic carboxylic acids is 1. The van der Waals surface area contributed by atoms with Crippen LogP contribution in [0.15, 0.2) is 48.5 Å². The standard InChI is InChI=1S/C28H32N2O5/c31-26(30-25-11-5-10-23(25)27(32)33)18(14-17-12-13-17)15-29-28(34)35-16-24-21-8-3-1-6-19(21)20-7-2-4-9-22(20)24/h1-4,6-9,17-18,23-25H,5,10-16H2,(H,29,34)(H,30,31)(H,32,33)/t18?,23-,25+/m0/s1. The first-order chi connectivity index (χ1) is 17.0. The van der Waals surface area contributed by atoms with E-state index < -0.39 is 23.9 Å². The maximum absolute atomic E-state index is 13.0. The lowest BCUT2D eigenvalue weighted by Crippen LogP contribution is -2.46. The van der Waals surface area contributed by atoms with Gasteiger partial charge in [-0.3, -0.25) is 9.59 Å². The van der Waals surface area contributed by atoms with Gasteiger partial charge in [-0.2, -0.15) is 0 Å². The number of carboxylic acid groups (broad SMARTS) is 1. The number of hydrogen-bond donors (Lipinski definition) is 3. The van der Waals surface area contributed by atoms with E-state index in [1.54, 1.807) is 0 Å². The Labute approximate surface area is 205 Å². The van der Waals surface area contributed by atoms with Gasteiger partial charge in [-0.1, -0.05) is 67.8 Å². The molecule has 1 unspecified atom stereocenters. The van der Waals surface area contributed by atoms with Crippen molar-refractivity contribution in [2.75, 3.05) is 13.2 Å². The Morgan fingerprint density at radius 2 is 1.60 bits per heavy atom. The van der Waals surface area contributed by atoms with Crippen LogP contribution in [0, 0.1) is 17.8 Å². The summed E-state index contributed by atoms with van der Waals surface area (Å²) in [5.41, 5.74) is 4.64. The van der Waals surface area contributed by atoms with Crippen LogP contribution in [0.1, 0.15) is 55.6 Å². The number of rotatable bonds is 9. The second kappa shape index (κ2) is 10.1. The molecule has 3 atom stereocenters. The van der Waals surface area contributed by atoms with Crippen LogP contribution in [0.2, 0.25) is 0 Å². The van der Waals surface area contributed by atoms with Gasteiger partial charge in [0.05, 0.1) is 11.8 Å². The third-order valence-corrected chi connectivity index (χ3v) is 7.68. The summed E-state index contributed by atoms with van der Waals surface area (Å²) in [4.78, 5) is 37.1. The predicted molar refractivity (Wildman–Crippen MR) is 131 cm³/mol. The van der Waals surface area contributed by atoms with E-state index in [1.807, 2.05) is 24.3 Å². The fourth-order valence-corrected chi connectivity index (χ4v) is 5.62. The number of carboxylic acids is 1. The quantitative estimate of drug-likeness (QED) is 0.500. The molecular formula is C28H32N2O5. The first-order valence-corrected chi connectivity index (χ1v) is 12.6. The van der Waals surface area contributed by atoms with Crippen LogP contribution in [-0.2, 0) is 14.3 Å². The van der Waals surface area contributed by atoms with E-state index in [0.29, 0.717) is 25.2 Å². The molecule has 0 saturated heterocycles. The molecule has 184 valence electrons. The third-order valence-electron chi connectivity index (χ3n) is 7.68. The largest absolute Gasteiger partial charge is 0.481 e. The Bertz CT molecular complexity index is 1070. The molecule has 7 heteroatoms. The van der Waals surface area contributed by atoms with Crippen molar-refractivity contribution in [3.05, 3.63) is 59.7 Å². The molecule has 3 aliphatic carbocycles. The molecule has 0 radical (unpaired) electrons. The molecule has 0 spiro atoms. The molecule has 0 aliphatic heterocycles. The molecule has 0 aromatic heterocycles. The first-order valence-electron chi connectivity index (χ1n) is 12.6. The molecule has 2 aromatic carbocycles. The minimum Gasteiger partial charge on any atom is -0.481 e. The summed E-state index contributed by atoms with van der Waals surface area (Å²) >= 11 is 0. The van der Waals surface area contributed by atoms with E-state index in [9.17, 15) is 19.5 Å². The number of ether oxygens (including phenoxy) is 1. The lowest BCUT2D eigenvalue weighted by Gasteiger charge is -2.23. The van der Waals surface area contributed by atoms with Crippen molar-refractivity contribution in [1.29, 1.82) is 0 Å². The highest BCUT2D eigenvalue weighted by Crippen LogP contribution is 2.44. The third kappa shape index (κ3) is 5.19. The summed E-state index contributed by atoms with van der Waals surface area (Å²) < 4.78 is 5.61. The summed E-state index contributed by atoms with van der Waals surface area (Å²) in [5.74, 6) is -1.48. The molecule has 2 fully saturated rings. The molecule has 7 nitrogen and oxygen atoms in total. The molecular weight excluding hydrogens is 444 g/mol. The van der Waals surface area contributed by atoms with Gasteiger partial charge in [0, 0.05) is 18.5 Å². The summed E-state index contributed by atoms with van der Waals surface area (Å²) in [6.07, 6.45) is 4.41. The van der Waals surface area contributed by atoms with Crippen LogP contribution < -0.4 is 10.6 Å². The molecule has 3 aliphatic rings. The van der Waals surface area contributed by atoms with Gasteiger partial charge in [-0.15, -0.1) is 0 Å². The zero-order valence-corrected chi connectivity index (χ0v) is 19.7. The second-order valence-electron chi connectivity index (χ2n) is 10.1. The lowest BCUT2D eigenvalue weighted by molar-refractivity contribution is -0.142. The fraction of sp³-hybridized carbons (Fsp3) is 0.464. The number of benzene rings is 2. The Morgan fingerprint density at radius 1 is 0.943 bits per heavy atom. The first kappa shape index (κ1) is 23.4. The molecule has 2 aromatic rings. The molecule has 35 heavy (non-hydrogen) atoms. The zero-order valence-electron chi connectivity index (χ0n) is 19.7. The van der Waals surface area contributed by atoms with Crippen molar-refractivity contribution < 1.29 is 24.2 Å². The van der Waals surface area contributed by atoms with Crippen molar-refractivity contribution in [2.45, 2.75) is 50.5 Å². The zero-order chi connectivity index (χ0) is 24.4. The number of carbonyl (C=O) groups is 3. The highest BCUT2D eigenvalue weighted by molar-refractivity contribution is 5.82. The van der Waals surface area contributed by atoms with Crippen LogP contribution in [0.25, 0.3) is 11.1 Å². The predicted octanol–water partition coefficient (Wildman–Crippen LogP) is 4.31. The van der Waals surface area contributed by atoms with Gasteiger partial charge in [0.25, 0.3) is 0 Å². The molecule has 3 N–H and O–H groups in total. The lowest BCUT2D eigenvalue weighted by atomic mass is 9.98. The smallest absolute Gasteiger partial charge is 0.407 e. The van der Waals surface area contributed by atoms with Crippen LogP contribution in [0.4, 0.5) is 4.79 Å². The van der Waals surface area contributed by atoms with E-state index in [2.05, 4.69) is 34.9 Å². The van der Waals surface area contributed by atoms with E-state index >= 15 is 0 Å². The van der Waals surface area contributed by atoms with Crippen molar-refractivity contribution in [2.24, 2.45) is 17.8 Å². The Hall–Kier alpha value is -3.35. The summed E-state index contributed by atoms with van der Waals surface area (Å²) in [5, 5.41) is 15.2. The maximum Gasteiger partial charge on any atom is 0.407 e. The molecule has 2 amide bonds. The minimum absolute atomic E-state index is 0.0194.